The van der Waals surface area contributed by atoms with Crippen molar-refractivity contribution in [2.24, 2.45) is 5.73 Å². The number of aryl methyl sites for hydroxylation is 1. The van der Waals surface area contributed by atoms with Crippen LogP contribution in [0.2, 0.25) is 0 Å². The van der Waals surface area contributed by atoms with Crippen molar-refractivity contribution >= 4 is 12.4 Å². The molecule has 0 aliphatic rings. The van der Waals surface area contributed by atoms with Crippen LogP contribution >= 0.6 is 12.4 Å². The number of hydrogen-bond acceptors (Lipinski definition) is 4. The van der Waals surface area contributed by atoms with Gasteiger partial charge in [0.05, 0.1) is 12.6 Å². The van der Waals surface area contributed by atoms with Crippen molar-refractivity contribution in [2.75, 3.05) is 13.7 Å². The maximum absolute atomic E-state index is 8.73. The van der Waals surface area contributed by atoms with Crippen LogP contribution in [0, 0.1) is 6.92 Å². The van der Waals surface area contributed by atoms with Crippen LogP contribution in [0.5, 0.6) is 0 Å². The zero-order chi connectivity index (χ0) is 10.6. The van der Waals surface area contributed by atoms with Crippen LogP contribution in [-0.4, -0.2) is 18.8 Å². The van der Waals surface area contributed by atoms with E-state index in [9.17, 15) is 0 Å². The Morgan fingerprint density at radius 2 is 2.27 bits per heavy atom. The first-order chi connectivity index (χ1) is 6.69. The number of rotatable bonds is 5. The molecule has 0 aliphatic carbocycles. The van der Waals surface area contributed by atoms with E-state index in [1.165, 1.54) is 0 Å². The van der Waals surface area contributed by atoms with Gasteiger partial charge in [0.25, 0.3) is 0 Å². The van der Waals surface area contributed by atoms with Crippen molar-refractivity contribution < 1.29 is 14.3 Å². The number of nitrogens with two attached hydrogens (primary N) is 1. The summed E-state index contributed by atoms with van der Waals surface area (Å²) in [6, 6.07) is 1.66. The highest BCUT2D eigenvalue weighted by atomic mass is 35.5. The second kappa shape index (κ2) is 6.85. The third kappa shape index (κ3) is 3.83. The molecule has 88 valence electrons. The SMILES string of the molecule is COCc1cc(C(N)CCO)oc1C.Cl. The molecular weight excluding hydrogens is 218 g/mol. The predicted molar refractivity (Wildman–Crippen MR) is 60.0 cm³/mol. The second-order valence-corrected chi connectivity index (χ2v) is 3.28. The second-order valence-electron chi connectivity index (χ2n) is 3.28. The highest BCUT2D eigenvalue weighted by molar-refractivity contribution is 5.85. The van der Waals surface area contributed by atoms with Crippen LogP contribution in [0.3, 0.4) is 0 Å². The smallest absolute Gasteiger partial charge is 0.121 e. The summed E-state index contributed by atoms with van der Waals surface area (Å²) in [5.41, 5.74) is 6.80. The van der Waals surface area contributed by atoms with Gasteiger partial charge >= 0.3 is 0 Å². The minimum absolute atomic E-state index is 0. The standard InChI is InChI=1S/C10H17NO3.ClH/c1-7-8(6-13-2)5-10(14-7)9(11)3-4-12;/h5,9,12H,3-4,6,11H2,1-2H3;1H. The van der Waals surface area contributed by atoms with E-state index >= 15 is 0 Å². The minimum Gasteiger partial charge on any atom is -0.464 e. The third-order valence-corrected chi connectivity index (χ3v) is 2.15. The van der Waals surface area contributed by atoms with Crippen LogP contribution in [0.25, 0.3) is 0 Å². The summed E-state index contributed by atoms with van der Waals surface area (Å²) in [6.45, 7) is 2.48. The fourth-order valence-corrected chi connectivity index (χ4v) is 1.31. The Balaban J connectivity index is 0.00000196. The molecule has 0 amide bonds. The molecule has 0 aliphatic heterocycles. The van der Waals surface area contributed by atoms with Crippen molar-refractivity contribution in [3.63, 3.8) is 0 Å². The van der Waals surface area contributed by atoms with Crippen molar-refractivity contribution in [2.45, 2.75) is 26.0 Å². The maximum Gasteiger partial charge on any atom is 0.121 e. The summed E-state index contributed by atoms with van der Waals surface area (Å²) < 4.78 is 10.5. The molecule has 0 saturated heterocycles. The van der Waals surface area contributed by atoms with Gasteiger partial charge in [0.1, 0.15) is 11.5 Å². The Bertz CT molecular complexity index is 288. The number of aliphatic hydroxyl groups excluding tert-OH is 1. The summed E-state index contributed by atoms with van der Waals surface area (Å²) in [7, 11) is 1.64. The largest absolute Gasteiger partial charge is 0.464 e. The number of furan rings is 1. The van der Waals surface area contributed by atoms with E-state index in [4.69, 9.17) is 20.0 Å². The van der Waals surface area contributed by atoms with E-state index in [1.807, 2.05) is 13.0 Å². The third-order valence-electron chi connectivity index (χ3n) is 2.15. The molecule has 15 heavy (non-hydrogen) atoms. The molecule has 0 fully saturated rings. The van der Waals surface area contributed by atoms with Crippen molar-refractivity contribution in [1.82, 2.24) is 0 Å². The van der Waals surface area contributed by atoms with E-state index in [2.05, 4.69) is 0 Å². The van der Waals surface area contributed by atoms with Gasteiger partial charge in [-0.25, -0.2) is 0 Å². The number of halogens is 1. The van der Waals surface area contributed by atoms with Crippen molar-refractivity contribution in [3.8, 4) is 0 Å². The molecule has 3 N–H and O–H groups in total. The van der Waals surface area contributed by atoms with Gasteiger partial charge in [-0.05, 0) is 19.4 Å². The molecule has 0 radical (unpaired) electrons. The molecule has 1 atom stereocenters. The number of hydrogen-bond donors (Lipinski definition) is 2. The summed E-state index contributed by atoms with van der Waals surface area (Å²) >= 11 is 0. The molecule has 1 aromatic rings. The fraction of sp³-hybridized carbons (Fsp3) is 0.600. The molecule has 1 rings (SSSR count). The first-order valence-electron chi connectivity index (χ1n) is 4.63. The van der Waals surface area contributed by atoms with E-state index in [1.54, 1.807) is 7.11 Å². The number of aliphatic hydroxyl groups is 1. The highest BCUT2D eigenvalue weighted by Gasteiger charge is 2.13. The predicted octanol–water partition coefficient (Wildman–Crippen LogP) is 1.54. The van der Waals surface area contributed by atoms with E-state index in [0.29, 0.717) is 18.8 Å². The van der Waals surface area contributed by atoms with Gasteiger partial charge in [-0.3, -0.25) is 0 Å². The Morgan fingerprint density at radius 1 is 1.60 bits per heavy atom. The van der Waals surface area contributed by atoms with E-state index in [-0.39, 0.29) is 25.1 Å². The average Bonchev–Trinajstić information content (AvgIpc) is 2.49. The van der Waals surface area contributed by atoms with Gasteiger partial charge in [0, 0.05) is 19.3 Å². The molecule has 0 aromatic carbocycles. The minimum atomic E-state index is -0.232. The van der Waals surface area contributed by atoms with Crippen LogP contribution in [0.1, 0.15) is 29.5 Å². The highest BCUT2D eigenvalue weighted by Crippen LogP contribution is 2.21. The fourth-order valence-electron chi connectivity index (χ4n) is 1.31. The van der Waals surface area contributed by atoms with Crippen LogP contribution < -0.4 is 5.73 Å². The Hall–Kier alpha value is -0.550. The molecule has 1 heterocycles. The first-order valence-corrected chi connectivity index (χ1v) is 4.63. The number of ether oxygens (including phenoxy) is 1. The molecule has 1 unspecified atom stereocenters. The van der Waals surface area contributed by atoms with Crippen LogP contribution in [0.4, 0.5) is 0 Å². The number of methoxy groups -OCH3 is 1. The molecule has 4 nitrogen and oxygen atoms in total. The molecule has 0 bridgehead atoms. The van der Waals surface area contributed by atoms with Gasteiger partial charge in [0.15, 0.2) is 0 Å². The summed E-state index contributed by atoms with van der Waals surface area (Å²) in [4.78, 5) is 0. The average molecular weight is 236 g/mol. The summed E-state index contributed by atoms with van der Waals surface area (Å²) in [5, 5.41) is 8.73. The van der Waals surface area contributed by atoms with Gasteiger partial charge in [-0.15, -0.1) is 12.4 Å². The van der Waals surface area contributed by atoms with Crippen LogP contribution in [-0.2, 0) is 11.3 Å². The molecule has 5 heteroatoms. The van der Waals surface area contributed by atoms with Crippen molar-refractivity contribution in [1.29, 1.82) is 0 Å². The van der Waals surface area contributed by atoms with Crippen LogP contribution in [0.15, 0.2) is 10.5 Å². The van der Waals surface area contributed by atoms with E-state index < -0.39 is 0 Å². The van der Waals surface area contributed by atoms with Crippen molar-refractivity contribution in [3.05, 3.63) is 23.2 Å². The lowest BCUT2D eigenvalue weighted by Crippen LogP contribution is -2.10. The summed E-state index contributed by atoms with van der Waals surface area (Å²) in [5.74, 6) is 1.54. The zero-order valence-electron chi connectivity index (χ0n) is 9.03. The molecule has 1 aromatic heterocycles. The normalized spacial score (nSPS) is 12.3. The Morgan fingerprint density at radius 3 is 2.80 bits per heavy atom. The first kappa shape index (κ1) is 14.5. The zero-order valence-corrected chi connectivity index (χ0v) is 9.84. The topological polar surface area (TPSA) is 68.6 Å². The monoisotopic (exact) mass is 235 g/mol. The van der Waals surface area contributed by atoms with E-state index in [0.717, 1.165) is 11.3 Å². The van der Waals surface area contributed by atoms with Gasteiger partial charge in [-0.2, -0.15) is 0 Å². The lowest BCUT2D eigenvalue weighted by molar-refractivity contribution is 0.183. The molecule has 0 saturated carbocycles. The maximum atomic E-state index is 8.73. The van der Waals surface area contributed by atoms with Gasteiger partial charge in [-0.1, -0.05) is 0 Å². The lowest BCUT2D eigenvalue weighted by Gasteiger charge is -2.04. The molecular formula is C10H18ClNO3. The lowest BCUT2D eigenvalue weighted by atomic mass is 10.1. The Labute approximate surface area is 95.8 Å². The van der Waals surface area contributed by atoms with Gasteiger partial charge < -0.3 is 20.0 Å². The molecule has 0 spiro atoms. The van der Waals surface area contributed by atoms with Gasteiger partial charge in [0.2, 0.25) is 0 Å². The Kier molecular flexibility index (Phi) is 6.60. The summed E-state index contributed by atoms with van der Waals surface area (Å²) in [6.07, 6.45) is 0.513. The quantitative estimate of drug-likeness (QED) is 0.812.